The summed E-state index contributed by atoms with van der Waals surface area (Å²) in [5.74, 6) is 1.67. The van der Waals surface area contributed by atoms with Gasteiger partial charge in [-0.15, -0.1) is 0 Å². The van der Waals surface area contributed by atoms with Crippen LogP contribution in [-0.2, 0) is 0 Å². The molecule has 0 aliphatic rings. The van der Waals surface area contributed by atoms with Crippen molar-refractivity contribution in [2.45, 2.75) is 12.1 Å². The second-order valence-corrected chi connectivity index (χ2v) is 7.52. The lowest BCUT2D eigenvalue weighted by Gasteiger charge is -2.31. The Bertz CT molecular complexity index is 991. The molecule has 0 aromatic heterocycles. The summed E-state index contributed by atoms with van der Waals surface area (Å²) in [5.41, 5.74) is 4.44. The summed E-state index contributed by atoms with van der Waals surface area (Å²) in [5, 5.41) is 7.49. The first-order valence-electron chi connectivity index (χ1n) is 10.7. The molecule has 0 heterocycles. The number of hydrogen-bond acceptors (Lipinski definition) is 4. The van der Waals surface area contributed by atoms with E-state index in [-0.39, 0.29) is 12.1 Å². The lowest BCUT2D eigenvalue weighted by molar-refractivity contribution is 0.414. The van der Waals surface area contributed by atoms with Crippen molar-refractivity contribution in [1.29, 1.82) is 0 Å². The molecule has 0 fully saturated rings. The monoisotopic (exact) mass is 424 g/mol. The van der Waals surface area contributed by atoms with Crippen molar-refractivity contribution in [3.05, 3.63) is 120 Å². The van der Waals surface area contributed by atoms with E-state index in [9.17, 15) is 0 Å². The summed E-state index contributed by atoms with van der Waals surface area (Å²) in [4.78, 5) is 0. The highest BCUT2D eigenvalue weighted by Crippen LogP contribution is 2.35. The third-order valence-corrected chi connectivity index (χ3v) is 5.48. The van der Waals surface area contributed by atoms with Gasteiger partial charge in [-0.25, -0.2) is 0 Å². The summed E-state index contributed by atoms with van der Waals surface area (Å²) >= 11 is 0. The third-order valence-electron chi connectivity index (χ3n) is 5.48. The largest absolute Gasteiger partial charge is 0.497 e. The van der Waals surface area contributed by atoms with E-state index in [0.717, 1.165) is 22.9 Å². The van der Waals surface area contributed by atoms with Crippen molar-refractivity contribution in [1.82, 2.24) is 0 Å². The molecule has 0 saturated heterocycles. The normalized spacial score (nSPS) is 12.4. The van der Waals surface area contributed by atoms with Gasteiger partial charge in [-0.05, 0) is 59.7 Å². The Labute approximate surface area is 189 Å². The highest BCUT2D eigenvalue weighted by atomic mass is 16.5. The van der Waals surface area contributed by atoms with E-state index < -0.39 is 0 Å². The zero-order valence-corrected chi connectivity index (χ0v) is 18.4. The van der Waals surface area contributed by atoms with Crippen LogP contribution in [0.2, 0.25) is 0 Å². The first-order valence-corrected chi connectivity index (χ1v) is 10.7. The van der Waals surface area contributed by atoms with Crippen LogP contribution in [0.3, 0.4) is 0 Å². The van der Waals surface area contributed by atoms with Crippen LogP contribution in [0.15, 0.2) is 109 Å². The standard InChI is InChI=1S/C28H28N2O2/c1-31-25-17-13-23(14-18-25)29-27(21-9-5-3-6-10-21)28(22-11-7-4-8-12-22)30-24-15-19-26(32-2)20-16-24/h3-20,27-30H,1-2H3. The zero-order chi connectivity index (χ0) is 22.2. The Morgan fingerprint density at radius 2 is 0.812 bits per heavy atom. The molecule has 0 saturated carbocycles. The number of rotatable bonds is 9. The van der Waals surface area contributed by atoms with E-state index in [1.807, 2.05) is 60.7 Å². The number of ether oxygens (including phenoxy) is 2. The van der Waals surface area contributed by atoms with Crippen molar-refractivity contribution >= 4 is 11.4 Å². The SMILES string of the molecule is COc1ccc(NC(c2ccccc2)C(Nc2ccc(OC)cc2)c2ccccc2)cc1. The molecule has 4 rings (SSSR count). The van der Waals surface area contributed by atoms with Gasteiger partial charge in [0.1, 0.15) is 11.5 Å². The second kappa shape index (κ2) is 10.4. The first-order chi connectivity index (χ1) is 15.8. The van der Waals surface area contributed by atoms with Gasteiger partial charge in [-0.1, -0.05) is 60.7 Å². The van der Waals surface area contributed by atoms with Crippen LogP contribution in [0.25, 0.3) is 0 Å². The summed E-state index contributed by atoms with van der Waals surface area (Å²) in [7, 11) is 3.36. The Morgan fingerprint density at radius 3 is 1.12 bits per heavy atom. The summed E-state index contributed by atoms with van der Waals surface area (Å²) in [6, 6.07) is 37.1. The molecule has 0 aliphatic heterocycles. The van der Waals surface area contributed by atoms with Gasteiger partial charge in [0.15, 0.2) is 0 Å². The van der Waals surface area contributed by atoms with Crippen LogP contribution in [0, 0.1) is 0 Å². The smallest absolute Gasteiger partial charge is 0.119 e. The molecule has 162 valence electrons. The van der Waals surface area contributed by atoms with Crippen molar-refractivity contribution in [3.63, 3.8) is 0 Å². The summed E-state index contributed by atoms with van der Waals surface area (Å²) in [6.07, 6.45) is 0. The fourth-order valence-corrected chi connectivity index (χ4v) is 3.77. The predicted molar refractivity (Wildman–Crippen MR) is 132 cm³/mol. The van der Waals surface area contributed by atoms with Crippen molar-refractivity contribution < 1.29 is 9.47 Å². The van der Waals surface area contributed by atoms with E-state index in [2.05, 4.69) is 59.2 Å². The minimum absolute atomic E-state index is 0.0194. The molecule has 2 atom stereocenters. The van der Waals surface area contributed by atoms with Crippen LogP contribution in [0.5, 0.6) is 11.5 Å². The number of methoxy groups -OCH3 is 2. The average Bonchev–Trinajstić information content (AvgIpc) is 2.88. The Morgan fingerprint density at radius 1 is 0.469 bits per heavy atom. The minimum atomic E-state index is -0.0194. The van der Waals surface area contributed by atoms with E-state index in [1.165, 1.54) is 11.1 Å². The Balaban J connectivity index is 1.72. The van der Waals surface area contributed by atoms with Crippen LogP contribution < -0.4 is 20.1 Å². The molecule has 2 unspecified atom stereocenters. The van der Waals surface area contributed by atoms with Gasteiger partial charge in [0, 0.05) is 11.4 Å². The Kier molecular flexibility index (Phi) is 6.93. The van der Waals surface area contributed by atoms with Crippen LogP contribution in [-0.4, -0.2) is 14.2 Å². The number of nitrogens with one attached hydrogen (secondary N) is 2. The van der Waals surface area contributed by atoms with Gasteiger partial charge < -0.3 is 20.1 Å². The minimum Gasteiger partial charge on any atom is -0.497 e. The zero-order valence-electron chi connectivity index (χ0n) is 18.4. The highest BCUT2D eigenvalue weighted by molar-refractivity contribution is 5.53. The highest BCUT2D eigenvalue weighted by Gasteiger charge is 2.25. The molecule has 4 nitrogen and oxygen atoms in total. The van der Waals surface area contributed by atoms with Crippen LogP contribution in [0.1, 0.15) is 23.2 Å². The maximum atomic E-state index is 5.32. The maximum absolute atomic E-state index is 5.32. The average molecular weight is 425 g/mol. The predicted octanol–water partition coefficient (Wildman–Crippen LogP) is 6.71. The molecular formula is C28H28N2O2. The molecule has 0 spiro atoms. The van der Waals surface area contributed by atoms with Crippen LogP contribution >= 0.6 is 0 Å². The fourth-order valence-electron chi connectivity index (χ4n) is 3.77. The lowest BCUT2D eigenvalue weighted by Crippen LogP contribution is -2.25. The van der Waals surface area contributed by atoms with E-state index >= 15 is 0 Å². The molecule has 2 N–H and O–H groups in total. The first kappa shape index (κ1) is 21.3. The van der Waals surface area contributed by atoms with Crippen molar-refractivity contribution in [2.75, 3.05) is 24.9 Å². The molecule has 4 aromatic carbocycles. The van der Waals surface area contributed by atoms with E-state index in [1.54, 1.807) is 14.2 Å². The summed E-state index contributed by atoms with van der Waals surface area (Å²) in [6.45, 7) is 0. The molecule has 32 heavy (non-hydrogen) atoms. The molecular weight excluding hydrogens is 396 g/mol. The topological polar surface area (TPSA) is 42.5 Å². The molecule has 0 aliphatic carbocycles. The second-order valence-electron chi connectivity index (χ2n) is 7.52. The summed E-state index contributed by atoms with van der Waals surface area (Å²) < 4.78 is 10.6. The number of hydrogen-bond donors (Lipinski definition) is 2. The van der Waals surface area contributed by atoms with Gasteiger partial charge in [0.05, 0.1) is 26.3 Å². The Hall–Kier alpha value is -3.92. The fraction of sp³-hybridized carbons (Fsp3) is 0.143. The molecule has 0 radical (unpaired) electrons. The molecule has 0 amide bonds. The van der Waals surface area contributed by atoms with Gasteiger partial charge in [-0.2, -0.15) is 0 Å². The van der Waals surface area contributed by atoms with Crippen molar-refractivity contribution in [2.24, 2.45) is 0 Å². The van der Waals surface area contributed by atoms with Gasteiger partial charge in [0.2, 0.25) is 0 Å². The number of anilines is 2. The number of benzene rings is 4. The maximum Gasteiger partial charge on any atom is 0.119 e. The molecule has 4 heteroatoms. The third kappa shape index (κ3) is 5.22. The lowest BCUT2D eigenvalue weighted by atomic mass is 9.92. The quantitative estimate of drug-likeness (QED) is 0.313. The van der Waals surface area contributed by atoms with E-state index in [0.29, 0.717) is 0 Å². The van der Waals surface area contributed by atoms with Gasteiger partial charge >= 0.3 is 0 Å². The van der Waals surface area contributed by atoms with E-state index in [4.69, 9.17) is 9.47 Å². The van der Waals surface area contributed by atoms with Gasteiger partial charge in [0.25, 0.3) is 0 Å². The van der Waals surface area contributed by atoms with Crippen LogP contribution in [0.4, 0.5) is 11.4 Å². The molecule has 4 aromatic rings. The van der Waals surface area contributed by atoms with Crippen molar-refractivity contribution in [3.8, 4) is 11.5 Å². The molecule has 0 bridgehead atoms. The van der Waals surface area contributed by atoms with Gasteiger partial charge in [-0.3, -0.25) is 0 Å².